The van der Waals surface area contributed by atoms with Crippen molar-refractivity contribution in [3.05, 3.63) is 21.8 Å². The second-order valence-corrected chi connectivity index (χ2v) is 2.54. The number of halogens is 1. The fourth-order valence-electron chi connectivity index (χ4n) is 0.409. The van der Waals surface area contributed by atoms with Crippen molar-refractivity contribution in [3.8, 4) is 0 Å². The van der Waals surface area contributed by atoms with Crippen molar-refractivity contribution in [2.24, 2.45) is 0 Å². The first-order valence-electron chi connectivity index (χ1n) is 2.25. The zero-order valence-corrected chi connectivity index (χ0v) is 6.57. The van der Waals surface area contributed by atoms with Gasteiger partial charge in [-0.05, 0) is 22.6 Å². The van der Waals surface area contributed by atoms with E-state index in [0.717, 1.165) is 3.57 Å². The fraction of sp³-hybridized carbons (Fsp3) is 0. The number of hydrogen-bond donors (Lipinski definition) is 0. The quantitative estimate of drug-likeness (QED) is 0.535. The molecule has 1 aromatic rings. The van der Waals surface area contributed by atoms with Crippen LogP contribution in [0.2, 0.25) is 0 Å². The molecule has 0 aliphatic carbocycles. The molecular weight excluding hydrogens is 231 g/mol. The Labute approximate surface area is 65.7 Å². The van der Waals surface area contributed by atoms with Crippen LogP contribution in [0.3, 0.4) is 0 Å². The number of aldehydes is 1. The van der Waals surface area contributed by atoms with Crippen molar-refractivity contribution in [1.82, 2.24) is 9.97 Å². The van der Waals surface area contributed by atoms with Crippen molar-refractivity contribution < 1.29 is 4.79 Å². The van der Waals surface area contributed by atoms with Gasteiger partial charge in [-0.15, -0.1) is 0 Å². The summed E-state index contributed by atoms with van der Waals surface area (Å²) in [6, 6.07) is 0. The number of rotatable bonds is 1. The predicted octanol–water partition coefficient (Wildman–Crippen LogP) is 0.894. The Balaban J connectivity index is 3.15. The third kappa shape index (κ3) is 1.44. The van der Waals surface area contributed by atoms with Crippen molar-refractivity contribution in [2.45, 2.75) is 0 Å². The van der Waals surface area contributed by atoms with Gasteiger partial charge in [0.05, 0.1) is 3.57 Å². The maximum Gasteiger partial charge on any atom is 0.169 e. The minimum Gasteiger partial charge on any atom is -0.296 e. The highest BCUT2D eigenvalue weighted by molar-refractivity contribution is 14.1. The molecule has 0 aromatic carbocycles. The normalized spacial score (nSPS) is 9.00. The number of nitrogens with zero attached hydrogens (tertiary/aromatic N) is 2. The Hall–Kier alpha value is -0.520. The van der Waals surface area contributed by atoms with E-state index in [-0.39, 0.29) is 0 Å². The molecule has 0 aliphatic rings. The minimum atomic E-state index is 0.450. The molecule has 0 saturated heterocycles. The number of hydrogen-bond acceptors (Lipinski definition) is 3. The van der Waals surface area contributed by atoms with Crippen molar-refractivity contribution in [3.63, 3.8) is 0 Å². The smallest absolute Gasteiger partial charge is 0.169 e. The van der Waals surface area contributed by atoms with Crippen LogP contribution < -0.4 is 0 Å². The molecule has 0 fully saturated rings. The Morgan fingerprint density at radius 1 is 1.67 bits per heavy atom. The first-order valence-corrected chi connectivity index (χ1v) is 3.33. The van der Waals surface area contributed by atoms with E-state index in [2.05, 4.69) is 9.97 Å². The van der Waals surface area contributed by atoms with Crippen molar-refractivity contribution in [2.75, 3.05) is 0 Å². The Kier molecular flexibility index (Phi) is 2.10. The second kappa shape index (κ2) is 2.86. The van der Waals surface area contributed by atoms with E-state index in [1.54, 1.807) is 6.20 Å². The van der Waals surface area contributed by atoms with Gasteiger partial charge in [0.2, 0.25) is 0 Å². The summed E-state index contributed by atoms with van der Waals surface area (Å²) in [5.41, 5.74) is 0.450. The summed E-state index contributed by atoms with van der Waals surface area (Å²) >= 11 is 2.00. The van der Waals surface area contributed by atoms with Crippen LogP contribution in [0.1, 0.15) is 10.5 Å². The number of carbonyl (C=O) groups excluding carboxylic acids is 1. The zero-order chi connectivity index (χ0) is 6.69. The van der Waals surface area contributed by atoms with Crippen LogP contribution in [0.4, 0.5) is 0 Å². The first-order chi connectivity index (χ1) is 4.34. The molecule has 0 bridgehead atoms. The topological polar surface area (TPSA) is 42.9 Å². The summed E-state index contributed by atoms with van der Waals surface area (Å²) in [6.45, 7) is 0. The molecule has 0 spiro atoms. The second-order valence-electron chi connectivity index (χ2n) is 1.37. The Morgan fingerprint density at radius 2 is 2.44 bits per heavy atom. The van der Waals surface area contributed by atoms with Crippen LogP contribution in [-0.2, 0) is 0 Å². The van der Waals surface area contributed by atoms with Gasteiger partial charge in [-0.2, -0.15) is 0 Å². The lowest BCUT2D eigenvalue weighted by Crippen LogP contribution is -1.90. The maximum absolute atomic E-state index is 10.1. The van der Waals surface area contributed by atoms with Crippen molar-refractivity contribution >= 4 is 28.9 Å². The summed E-state index contributed by atoms with van der Waals surface area (Å²) in [6.07, 6.45) is 3.66. The summed E-state index contributed by atoms with van der Waals surface area (Å²) < 4.78 is 0.783. The standard InChI is InChI=1S/C5H3IN2O/c6-4-1-7-3-8-5(4)2-9/h1-3H. The van der Waals surface area contributed by atoms with E-state index < -0.39 is 0 Å². The molecule has 4 heteroatoms. The predicted molar refractivity (Wildman–Crippen MR) is 40.1 cm³/mol. The molecule has 0 atom stereocenters. The van der Waals surface area contributed by atoms with Crippen molar-refractivity contribution in [1.29, 1.82) is 0 Å². The van der Waals surface area contributed by atoms with Gasteiger partial charge in [-0.1, -0.05) is 0 Å². The molecule has 0 aliphatic heterocycles. The SMILES string of the molecule is O=Cc1ncncc1I. The lowest BCUT2D eigenvalue weighted by atomic mass is 10.5. The monoisotopic (exact) mass is 234 g/mol. The van der Waals surface area contributed by atoms with E-state index in [4.69, 9.17) is 0 Å². The highest BCUT2D eigenvalue weighted by Crippen LogP contribution is 2.02. The van der Waals surface area contributed by atoms with Gasteiger partial charge < -0.3 is 0 Å². The molecule has 46 valence electrons. The van der Waals surface area contributed by atoms with Crippen LogP contribution in [0.15, 0.2) is 12.5 Å². The molecule has 0 radical (unpaired) electrons. The number of aromatic nitrogens is 2. The van der Waals surface area contributed by atoms with Gasteiger partial charge in [-0.3, -0.25) is 4.79 Å². The van der Waals surface area contributed by atoms with Gasteiger partial charge in [-0.25, -0.2) is 9.97 Å². The molecule has 0 N–H and O–H groups in total. The molecule has 0 amide bonds. The first kappa shape index (κ1) is 6.60. The van der Waals surface area contributed by atoms with Gasteiger partial charge in [0.15, 0.2) is 6.29 Å². The van der Waals surface area contributed by atoms with Crippen LogP contribution >= 0.6 is 22.6 Å². The summed E-state index contributed by atoms with van der Waals surface area (Å²) in [5, 5.41) is 0. The molecule has 0 saturated carbocycles. The molecular formula is C5H3IN2O. The van der Waals surface area contributed by atoms with Crippen LogP contribution in [0.5, 0.6) is 0 Å². The van der Waals surface area contributed by atoms with Crippen LogP contribution in [0, 0.1) is 3.57 Å². The van der Waals surface area contributed by atoms with Gasteiger partial charge in [0.1, 0.15) is 12.0 Å². The van der Waals surface area contributed by atoms with Gasteiger partial charge in [0, 0.05) is 6.20 Å². The van der Waals surface area contributed by atoms with E-state index in [0.29, 0.717) is 12.0 Å². The summed E-state index contributed by atoms with van der Waals surface area (Å²) in [7, 11) is 0. The van der Waals surface area contributed by atoms with E-state index in [9.17, 15) is 4.79 Å². The average molecular weight is 234 g/mol. The third-order valence-corrected chi connectivity index (χ3v) is 1.64. The van der Waals surface area contributed by atoms with Crippen LogP contribution in [0.25, 0.3) is 0 Å². The lowest BCUT2D eigenvalue weighted by molar-refractivity contribution is 0.111. The summed E-state index contributed by atoms with van der Waals surface area (Å²) in [4.78, 5) is 17.6. The molecule has 9 heavy (non-hydrogen) atoms. The van der Waals surface area contributed by atoms with E-state index in [1.807, 2.05) is 22.6 Å². The highest BCUT2D eigenvalue weighted by atomic mass is 127. The molecule has 1 rings (SSSR count). The third-order valence-electron chi connectivity index (χ3n) is 0.808. The van der Waals surface area contributed by atoms with E-state index in [1.165, 1.54) is 6.33 Å². The Morgan fingerprint density at radius 3 is 2.89 bits per heavy atom. The van der Waals surface area contributed by atoms with Crippen LogP contribution in [-0.4, -0.2) is 16.3 Å². The maximum atomic E-state index is 10.1. The minimum absolute atomic E-state index is 0.450. The molecule has 0 unspecified atom stereocenters. The fourth-order valence-corrected chi connectivity index (χ4v) is 0.836. The Bertz CT molecular complexity index is 226. The zero-order valence-electron chi connectivity index (χ0n) is 4.41. The summed E-state index contributed by atoms with van der Waals surface area (Å²) in [5.74, 6) is 0. The average Bonchev–Trinajstić information content (AvgIpc) is 1.89. The van der Waals surface area contributed by atoms with E-state index >= 15 is 0 Å². The van der Waals surface area contributed by atoms with Gasteiger partial charge in [0.25, 0.3) is 0 Å². The highest BCUT2D eigenvalue weighted by Gasteiger charge is 1.95. The largest absolute Gasteiger partial charge is 0.296 e. The number of carbonyl (C=O) groups is 1. The molecule has 1 heterocycles. The molecule has 3 nitrogen and oxygen atoms in total. The van der Waals surface area contributed by atoms with Gasteiger partial charge >= 0.3 is 0 Å². The molecule has 1 aromatic heterocycles. The lowest BCUT2D eigenvalue weighted by Gasteiger charge is -1.88.